The van der Waals surface area contributed by atoms with Crippen LogP contribution < -0.4 is 0 Å². The average Bonchev–Trinajstić information content (AvgIpc) is 2.85. The van der Waals surface area contributed by atoms with Gasteiger partial charge in [0.15, 0.2) is 0 Å². The lowest BCUT2D eigenvalue weighted by molar-refractivity contribution is -0.127. The molecule has 4 aliphatic carbocycles. The van der Waals surface area contributed by atoms with Crippen LogP contribution in [0.1, 0.15) is 72.1 Å². The number of rotatable bonds is 1. The molecule has 23 heavy (non-hydrogen) atoms. The lowest BCUT2D eigenvalue weighted by Crippen LogP contribution is -2.51. The highest BCUT2D eigenvalue weighted by atomic mass is 16.1. The Morgan fingerprint density at radius 3 is 2.61 bits per heavy atom. The molecule has 0 spiro atoms. The summed E-state index contributed by atoms with van der Waals surface area (Å²) in [5, 5.41) is 8.04. The van der Waals surface area contributed by atoms with Crippen LogP contribution >= 0.6 is 0 Å². The van der Waals surface area contributed by atoms with Crippen molar-refractivity contribution in [3.63, 3.8) is 0 Å². The Labute approximate surface area is 140 Å². The first-order valence-electron chi connectivity index (χ1n) is 9.65. The molecule has 6 atom stereocenters. The quantitative estimate of drug-likeness (QED) is 0.712. The molecule has 4 aliphatic rings. The molecule has 0 aromatic carbocycles. The van der Waals surface area contributed by atoms with Crippen molar-refractivity contribution in [2.75, 3.05) is 0 Å². The van der Waals surface area contributed by atoms with Crippen LogP contribution in [0.3, 0.4) is 0 Å². The molecule has 4 rings (SSSR count). The standard InChI is InChI=1S/C21H31NO/c1-13(23)17-6-7-18-16-5-4-14-12-15(22)8-10-20(14,2)19(16)9-11-21(17,18)3/h12,16-19,22H,4-11H2,1-3H3/t16-,17+,18-,19-,20-,21+/m0/s1. The van der Waals surface area contributed by atoms with Crippen LogP contribution in [0, 0.1) is 39.9 Å². The van der Waals surface area contributed by atoms with E-state index in [-0.39, 0.29) is 5.41 Å². The fourth-order valence-electron chi connectivity index (χ4n) is 7.25. The average molecular weight is 313 g/mol. The number of allylic oxidation sites excluding steroid dienone is 2. The Bertz CT molecular complexity index is 591. The Morgan fingerprint density at radius 1 is 1.09 bits per heavy atom. The molecular formula is C21H31NO. The summed E-state index contributed by atoms with van der Waals surface area (Å²) < 4.78 is 0. The Hall–Kier alpha value is -0.920. The Kier molecular flexibility index (Phi) is 3.42. The normalized spacial score (nSPS) is 49.0. The number of hydrogen-bond acceptors (Lipinski definition) is 2. The molecule has 126 valence electrons. The van der Waals surface area contributed by atoms with Gasteiger partial charge < -0.3 is 5.41 Å². The van der Waals surface area contributed by atoms with Crippen molar-refractivity contribution in [3.05, 3.63) is 11.6 Å². The van der Waals surface area contributed by atoms with Gasteiger partial charge in [-0.3, -0.25) is 4.79 Å². The lowest BCUT2D eigenvalue weighted by atomic mass is 9.46. The van der Waals surface area contributed by atoms with E-state index in [0.29, 0.717) is 17.1 Å². The first-order chi connectivity index (χ1) is 10.9. The van der Waals surface area contributed by atoms with Gasteiger partial charge in [-0.1, -0.05) is 19.4 Å². The van der Waals surface area contributed by atoms with Crippen LogP contribution in [0.2, 0.25) is 0 Å². The van der Waals surface area contributed by atoms with Crippen molar-refractivity contribution in [2.24, 2.45) is 34.5 Å². The van der Waals surface area contributed by atoms with Crippen molar-refractivity contribution >= 4 is 11.5 Å². The van der Waals surface area contributed by atoms with Gasteiger partial charge in [-0.25, -0.2) is 0 Å². The van der Waals surface area contributed by atoms with Gasteiger partial charge in [0.05, 0.1) is 0 Å². The number of ketones is 1. The summed E-state index contributed by atoms with van der Waals surface area (Å²) in [5.74, 6) is 3.11. The van der Waals surface area contributed by atoms with Crippen molar-refractivity contribution in [1.82, 2.24) is 0 Å². The largest absolute Gasteiger partial charge is 0.305 e. The van der Waals surface area contributed by atoms with E-state index >= 15 is 0 Å². The molecular weight excluding hydrogens is 282 g/mol. The number of nitrogens with one attached hydrogen (secondary N) is 1. The van der Waals surface area contributed by atoms with Crippen LogP contribution in [0.5, 0.6) is 0 Å². The molecule has 0 heterocycles. The van der Waals surface area contributed by atoms with Gasteiger partial charge in [-0.15, -0.1) is 0 Å². The molecule has 3 fully saturated rings. The third kappa shape index (κ3) is 2.06. The molecule has 0 aromatic heterocycles. The minimum absolute atomic E-state index is 0.270. The molecule has 0 bridgehead atoms. The highest BCUT2D eigenvalue weighted by Crippen LogP contribution is 2.66. The minimum Gasteiger partial charge on any atom is -0.305 e. The zero-order valence-corrected chi connectivity index (χ0v) is 15.0. The molecule has 0 aliphatic heterocycles. The van der Waals surface area contributed by atoms with E-state index in [1.807, 2.05) is 6.92 Å². The summed E-state index contributed by atoms with van der Waals surface area (Å²) in [6, 6.07) is 0. The summed E-state index contributed by atoms with van der Waals surface area (Å²) in [4.78, 5) is 12.2. The molecule has 0 radical (unpaired) electrons. The zero-order chi connectivity index (χ0) is 16.4. The number of hydrogen-bond donors (Lipinski definition) is 1. The summed E-state index contributed by atoms with van der Waals surface area (Å²) in [7, 11) is 0. The second kappa shape index (κ2) is 5.04. The van der Waals surface area contributed by atoms with Crippen LogP contribution in [-0.2, 0) is 4.79 Å². The molecule has 3 saturated carbocycles. The van der Waals surface area contributed by atoms with Crippen LogP contribution in [-0.4, -0.2) is 11.5 Å². The van der Waals surface area contributed by atoms with E-state index in [2.05, 4.69) is 19.9 Å². The molecule has 0 aromatic rings. The van der Waals surface area contributed by atoms with Crippen LogP contribution in [0.4, 0.5) is 0 Å². The molecule has 0 unspecified atom stereocenters. The summed E-state index contributed by atoms with van der Waals surface area (Å²) in [6.07, 6.45) is 11.8. The summed E-state index contributed by atoms with van der Waals surface area (Å²) >= 11 is 0. The summed E-state index contributed by atoms with van der Waals surface area (Å²) in [6.45, 7) is 6.74. The van der Waals surface area contributed by atoms with Gasteiger partial charge in [-0.2, -0.15) is 0 Å². The van der Waals surface area contributed by atoms with Gasteiger partial charge in [0.25, 0.3) is 0 Å². The highest BCUT2D eigenvalue weighted by Gasteiger charge is 2.59. The first-order valence-corrected chi connectivity index (χ1v) is 9.65. The fourth-order valence-corrected chi connectivity index (χ4v) is 7.25. The SMILES string of the molecule is CC(=O)[C@H]1CC[C@H]2[C@@H]3CCC4=CC(=N)CC[C@]4(C)[C@H]3CC[C@]12C. The maximum absolute atomic E-state index is 12.2. The number of fused-ring (bicyclic) bond motifs is 5. The number of carbonyl (C=O) groups excluding carboxylic acids is 1. The topological polar surface area (TPSA) is 40.9 Å². The van der Waals surface area contributed by atoms with Gasteiger partial charge >= 0.3 is 0 Å². The maximum atomic E-state index is 12.2. The molecule has 2 heteroatoms. The lowest BCUT2D eigenvalue weighted by Gasteiger charge is -2.58. The fraction of sp³-hybridized carbons (Fsp3) is 0.810. The molecule has 0 saturated heterocycles. The third-order valence-electron chi connectivity index (χ3n) is 8.49. The van der Waals surface area contributed by atoms with E-state index in [0.717, 1.165) is 36.3 Å². The van der Waals surface area contributed by atoms with Gasteiger partial charge in [0.1, 0.15) is 5.78 Å². The van der Waals surface area contributed by atoms with E-state index in [1.54, 1.807) is 5.57 Å². The number of carbonyl (C=O) groups is 1. The van der Waals surface area contributed by atoms with Gasteiger partial charge in [0.2, 0.25) is 0 Å². The summed E-state index contributed by atoms with van der Waals surface area (Å²) in [5.41, 5.74) is 3.02. The van der Waals surface area contributed by atoms with Crippen LogP contribution in [0.15, 0.2) is 11.6 Å². The predicted molar refractivity (Wildman–Crippen MR) is 93.6 cm³/mol. The molecule has 0 amide bonds. The minimum atomic E-state index is 0.270. The van der Waals surface area contributed by atoms with Crippen molar-refractivity contribution in [2.45, 2.75) is 72.1 Å². The van der Waals surface area contributed by atoms with Gasteiger partial charge in [-0.05, 0) is 93.0 Å². The third-order valence-corrected chi connectivity index (χ3v) is 8.49. The van der Waals surface area contributed by atoms with Crippen molar-refractivity contribution < 1.29 is 4.79 Å². The first kappa shape index (κ1) is 15.6. The second-order valence-corrected chi connectivity index (χ2v) is 9.31. The molecule has 1 N–H and O–H groups in total. The smallest absolute Gasteiger partial charge is 0.133 e. The molecule has 2 nitrogen and oxygen atoms in total. The monoisotopic (exact) mass is 313 g/mol. The van der Waals surface area contributed by atoms with Gasteiger partial charge in [0, 0.05) is 11.6 Å². The van der Waals surface area contributed by atoms with E-state index < -0.39 is 0 Å². The Morgan fingerprint density at radius 2 is 1.87 bits per heavy atom. The number of Topliss-reactive ketones (excluding diaryl/α,β-unsaturated/α-hetero) is 1. The van der Waals surface area contributed by atoms with Crippen molar-refractivity contribution in [3.8, 4) is 0 Å². The van der Waals surface area contributed by atoms with E-state index in [1.165, 1.54) is 38.5 Å². The highest BCUT2D eigenvalue weighted by molar-refractivity contribution is 5.94. The zero-order valence-electron chi connectivity index (χ0n) is 15.0. The van der Waals surface area contributed by atoms with Crippen LogP contribution in [0.25, 0.3) is 0 Å². The predicted octanol–water partition coefficient (Wildman–Crippen LogP) is 5.17. The van der Waals surface area contributed by atoms with E-state index in [9.17, 15) is 4.79 Å². The van der Waals surface area contributed by atoms with E-state index in [4.69, 9.17) is 5.41 Å². The Balaban J connectivity index is 1.67. The second-order valence-electron chi connectivity index (χ2n) is 9.31. The van der Waals surface area contributed by atoms with Crippen molar-refractivity contribution in [1.29, 1.82) is 5.41 Å². The maximum Gasteiger partial charge on any atom is 0.133 e.